The quantitative estimate of drug-likeness (QED) is 0.722. The Labute approximate surface area is 178 Å². The number of nitrogens with zero attached hydrogens (tertiary/aromatic N) is 1. The summed E-state index contributed by atoms with van der Waals surface area (Å²) in [6.45, 7) is 4.59. The molecule has 1 aromatic rings. The first-order valence-corrected chi connectivity index (χ1v) is 11.3. The number of hydrogen-bond donors (Lipinski definition) is 1. The van der Waals surface area contributed by atoms with E-state index in [1.165, 1.54) is 6.07 Å². The molecule has 1 N–H and O–H groups in total. The Kier molecular flexibility index (Phi) is 4.52. The van der Waals surface area contributed by atoms with Crippen LogP contribution in [0.15, 0.2) is 42.0 Å². The van der Waals surface area contributed by atoms with E-state index < -0.39 is 6.10 Å². The van der Waals surface area contributed by atoms with Gasteiger partial charge in [0.05, 0.1) is 6.10 Å². The molecule has 160 valence electrons. The van der Waals surface area contributed by atoms with Crippen molar-refractivity contribution in [2.45, 2.75) is 58.1 Å². The van der Waals surface area contributed by atoms with Crippen LogP contribution in [0.25, 0.3) is 6.08 Å². The van der Waals surface area contributed by atoms with Gasteiger partial charge in [0.1, 0.15) is 5.82 Å². The number of aliphatic hydroxyl groups is 1. The van der Waals surface area contributed by atoms with E-state index in [0.29, 0.717) is 17.8 Å². The molecule has 1 aromatic carbocycles. The molecule has 1 amide bonds. The highest BCUT2D eigenvalue weighted by Crippen LogP contribution is 2.64. The first-order valence-electron chi connectivity index (χ1n) is 11.3. The molecule has 0 unspecified atom stereocenters. The fourth-order valence-corrected chi connectivity index (χ4v) is 7.55. The molecule has 3 fully saturated rings. The van der Waals surface area contributed by atoms with E-state index in [1.807, 2.05) is 24.1 Å². The van der Waals surface area contributed by atoms with Gasteiger partial charge in [-0.1, -0.05) is 38.1 Å². The van der Waals surface area contributed by atoms with E-state index in [-0.39, 0.29) is 28.6 Å². The molecule has 0 bridgehead atoms. The van der Waals surface area contributed by atoms with E-state index in [0.717, 1.165) is 43.2 Å². The molecule has 0 saturated heterocycles. The average molecular weight is 410 g/mol. The van der Waals surface area contributed by atoms with Crippen LogP contribution in [0.1, 0.15) is 51.5 Å². The number of hydrogen-bond acceptors (Lipinski definition) is 2. The number of fused-ring (bicyclic) bond motifs is 5. The molecule has 5 rings (SSSR count). The highest BCUT2D eigenvalue weighted by Gasteiger charge is 2.61. The molecular formula is C26H32FNO2. The summed E-state index contributed by atoms with van der Waals surface area (Å²) >= 11 is 0. The zero-order valence-corrected chi connectivity index (χ0v) is 18.1. The van der Waals surface area contributed by atoms with Crippen LogP contribution >= 0.6 is 0 Å². The largest absolute Gasteiger partial charge is 0.388 e. The maximum absolute atomic E-state index is 13.7. The molecule has 3 nitrogen and oxygen atoms in total. The fraction of sp³-hybridized carbons (Fsp3) is 0.577. The minimum absolute atomic E-state index is 0.00683. The molecular weight excluding hydrogens is 377 g/mol. The lowest BCUT2D eigenvalue weighted by Gasteiger charge is -2.59. The van der Waals surface area contributed by atoms with Gasteiger partial charge in [-0.3, -0.25) is 4.79 Å². The smallest absolute Gasteiger partial charge is 0.246 e. The maximum Gasteiger partial charge on any atom is 0.246 e. The van der Waals surface area contributed by atoms with Gasteiger partial charge in [-0.05, 0) is 79.2 Å². The third-order valence-electron chi connectivity index (χ3n) is 9.20. The summed E-state index contributed by atoms with van der Waals surface area (Å²) in [4.78, 5) is 14.2. The van der Waals surface area contributed by atoms with E-state index in [2.05, 4.69) is 19.9 Å². The van der Waals surface area contributed by atoms with Crippen LogP contribution in [0.2, 0.25) is 0 Å². The van der Waals surface area contributed by atoms with E-state index in [4.69, 9.17) is 0 Å². The van der Waals surface area contributed by atoms with Crippen molar-refractivity contribution in [1.82, 2.24) is 4.90 Å². The van der Waals surface area contributed by atoms with Gasteiger partial charge in [0, 0.05) is 23.9 Å². The number of halogens is 1. The molecule has 1 aliphatic heterocycles. The van der Waals surface area contributed by atoms with Crippen molar-refractivity contribution in [3.63, 3.8) is 0 Å². The number of amides is 1. The van der Waals surface area contributed by atoms with Crippen molar-refractivity contribution >= 4 is 12.0 Å². The minimum Gasteiger partial charge on any atom is -0.388 e. The van der Waals surface area contributed by atoms with Crippen LogP contribution in [0.4, 0.5) is 4.39 Å². The van der Waals surface area contributed by atoms with E-state index in [9.17, 15) is 14.3 Å². The topological polar surface area (TPSA) is 40.5 Å². The highest BCUT2D eigenvalue weighted by atomic mass is 19.1. The zero-order chi connectivity index (χ0) is 21.3. The standard InChI is InChI=1S/C26H32FNO2/c1-25-12-10-23(29)28(3)22(25)8-7-19-20(25)9-11-26(2)21(19)15-17(24(26)30)13-16-5-4-6-18(27)14-16/h4-6,10,12-14,19-22,24,30H,7-9,11,15H2,1-3H3/t19-,20+,21+,22-,24+,25-,26+/m1/s1. The highest BCUT2D eigenvalue weighted by molar-refractivity contribution is 5.89. The van der Waals surface area contributed by atoms with Gasteiger partial charge >= 0.3 is 0 Å². The van der Waals surface area contributed by atoms with Gasteiger partial charge < -0.3 is 10.0 Å². The fourth-order valence-electron chi connectivity index (χ4n) is 7.55. The van der Waals surface area contributed by atoms with Crippen molar-refractivity contribution in [2.24, 2.45) is 28.6 Å². The molecule has 1 heterocycles. The normalized spacial score (nSPS) is 44.0. The van der Waals surface area contributed by atoms with Crippen LogP contribution < -0.4 is 0 Å². The van der Waals surface area contributed by atoms with E-state index >= 15 is 0 Å². The second kappa shape index (κ2) is 6.78. The molecule has 7 atom stereocenters. The predicted octanol–water partition coefficient (Wildman–Crippen LogP) is 4.82. The Morgan fingerprint density at radius 1 is 1.20 bits per heavy atom. The van der Waals surface area contributed by atoms with Gasteiger partial charge in [0.25, 0.3) is 0 Å². The molecule has 0 aromatic heterocycles. The molecule has 30 heavy (non-hydrogen) atoms. The summed E-state index contributed by atoms with van der Waals surface area (Å²) in [6.07, 6.45) is 10.6. The SMILES string of the molecule is CN1C(=O)C=C[C@]2(C)[C@H]3CC[C@]4(C)[C@@H](O)C(=Cc5cccc(F)c5)C[C@H]4[C@@H]3CC[C@@H]12. The molecule has 4 heteroatoms. The lowest BCUT2D eigenvalue weighted by atomic mass is 9.48. The Balaban J connectivity index is 1.48. The lowest BCUT2D eigenvalue weighted by molar-refractivity contribution is -0.140. The number of aliphatic hydroxyl groups excluding tert-OH is 1. The molecule has 3 saturated carbocycles. The third kappa shape index (κ3) is 2.76. The van der Waals surface area contributed by atoms with Crippen molar-refractivity contribution in [3.05, 3.63) is 53.4 Å². The second-order valence-corrected chi connectivity index (χ2v) is 10.5. The van der Waals surface area contributed by atoms with Crippen molar-refractivity contribution in [1.29, 1.82) is 0 Å². The molecule has 3 aliphatic carbocycles. The monoisotopic (exact) mass is 409 g/mol. The Morgan fingerprint density at radius 2 is 2.00 bits per heavy atom. The minimum atomic E-state index is -0.469. The van der Waals surface area contributed by atoms with Crippen LogP contribution in [0.5, 0.6) is 0 Å². The predicted molar refractivity (Wildman–Crippen MR) is 116 cm³/mol. The van der Waals surface area contributed by atoms with Gasteiger partial charge in [-0.2, -0.15) is 0 Å². The molecule has 0 radical (unpaired) electrons. The Hall–Kier alpha value is -1.94. The van der Waals surface area contributed by atoms with Crippen LogP contribution in [0.3, 0.4) is 0 Å². The van der Waals surface area contributed by atoms with Gasteiger partial charge in [-0.15, -0.1) is 0 Å². The zero-order valence-electron chi connectivity index (χ0n) is 18.1. The molecule has 0 spiro atoms. The van der Waals surface area contributed by atoms with Crippen LogP contribution in [0, 0.1) is 34.4 Å². The summed E-state index contributed by atoms with van der Waals surface area (Å²) in [5, 5.41) is 11.3. The Morgan fingerprint density at radius 3 is 2.77 bits per heavy atom. The molecule has 4 aliphatic rings. The first-order chi connectivity index (χ1) is 14.2. The summed E-state index contributed by atoms with van der Waals surface area (Å²) in [6, 6.07) is 6.90. The van der Waals surface area contributed by atoms with Crippen LogP contribution in [-0.4, -0.2) is 35.1 Å². The van der Waals surface area contributed by atoms with Gasteiger partial charge in [0.15, 0.2) is 0 Å². The number of carbonyl (C=O) groups excluding carboxylic acids is 1. The number of carbonyl (C=O) groups is 1. The van der Waals surface area contributed by atoms with Crippen molar-refractivity contribution in [3.8, 4) is 0 Å². The summed E-state index contributed by atoms with van der Waals surface area (Å²) in [7, 11) is 1.95. The van der Waals surface area contributed by atoms with Gasteiger partial charge in [0.2, 0.25) is 5.91 Å². The first kappa shape index (κ1) is 20.0. The lowest BCUT2D eigenvalue weighted by Crippen LogP contribution is -2.59. The third-order valence-corrected chi connectivity index (χ3v) is 9.20. The van der Waals surface area contributed by atoms with Gasteiger partial charge in [-0.25, -0.2) is 4.39 Å². The number of benzene rings is 1. The summed E-state index contributed by atoms with van der Waals surface area (Å²) in [5.74, 6) is 1.38. The maximum atomic E-state index is 13.7. The second-order valence-electron chi connectivity index (χ2n) is 10.5. The Bertz CT molecular complexity index is 939. The average Bonchev–Trinajstić information content (AvgIpc) is 2.96. The number of rotatable bonds is 1. The summed E-state index contributed by atoms with van der Waals surface area (Å²) < 4.78 is 13.7. The summed E-state index contributed by atoms with van der Waals surface area (Å²) in [5.41, 5.74) is 1.76. The number of likely N-dealkylation sites (N-methyl/N-ethyl adjacent to an activating group) is 1. The van der Waals surface area contributed by atoms with Crippen molar-refractivity contribution < 1.29 is 14.3 Å². The van der Waals surface area contributed by atoms with E-state index in [1.54, 1.807) is 18.2 Å². The van der Waals surface area contributed by atoms with Crippen molar-refractivity contribution in [2.75, 3.05) is 7.05 Å². The van der Waals surface area contributed by atoms with Crippen LogP contribution in [-0.2, 0) is 4.79 Å².